The monoisotopic (exact) mass is 784 g/mol. The highest BCUT2D eigenvalue weighted by Crippen LogP contribution is 2.61. The van der Waals surface area contributed by atoms with Gasteiger partial charge in [0.15, 0.2) is 5.69 Å². The first-order valence-electron chi connectivity index (χ1n) is 20.7. The normalized spacial score (nSPS) is 22.6. The van der Waals surface area contributed by atoms with Crippen molar-refractivity contribution in [1.29, 1.82) is 0 Å². The van der Waals surface area contributed by atoms with E-state index in [0.29, 0.717) is 71.9 Å². The number of hydrogen-bond donors (Lipinski definition) is 2. The lowest BCUT2D eigenvalue weighted by Gasteiger charge is -2.64. The SMILES string of the molecule is COc1cccc(OC)c1-c1cc(C(=O)N(C(C)(C)C)C2(C(=O)O)C3CC4CC(C3)CC2C4)nn1-c1ccc(C(=O)N(CCCN)CCCN(C)C)cc1C(C)C. The molecular formula is C45H64N6O6. The number of amides is 2. The number of carboxylic acids is 1. The van der Waals surface area contributed by atoms with Gasteiger partial charge in [0, 0.05) is 24.2 Å². The second kappa shape index (κ2) is 16.8. The number of carboxylic acid groups (broad SMARTS) is 1. The van der Waals surface area contributed by atoms with Gasteiger partial charge in [-0.15, -0.1) is 0 Å². The van der Waals surface area contributed by atoms with Gasteiger partial charge in [-0.05, 0) is 164 Å². The summed E-state index contributed by atoms with van der Waals surface area (Å²) in [6.07, 6.45) is 5.97. The van der Waals surface area contributed by atoms with E-state index in [1.165, 1.54) is 0 Å². The number of nitrogens with two attached hydrogens (primary N) is 1. The largest absolute Gasteiger partial charge is 0.496 e. The summed E-state index contributed by atoms with van der Waals surface area (Å²) in [5, 5.41) is 16.4. The third-order valence-corrected chi connectivity index (χ3v) is 12.7. The molecule has 4 saturated carbocycles. The molecular weight excluding hydrogens is 721 g/mol. The Morgan fingerprint density at radius 1 is 0.895 bits per heavy atom. The van der Waals surface area contributed by atoms with Gasteiger partial charge in [-0.2, -0.15) is 5.10 Å². The molecule has 3 N–H and O–H groups in total. The Labute approximate surface area is 338 Å². The Hall–Kier alpha value is -4.42. The van der Waals surface area contributed by atoms with Gasteiger partial charge in [-0.1, -0.05) is 19.9 Å². The summed E-state index contributed by atoms with van der Waals surface area (Å²) in [4.78, 5) is 49.0. The highest BCUT2D eigenvalue weighted by atomic mass is 16.5. The Balaban J connectivity index is 1.51. The van der Waals surface area contributed by atoms with Gasteiger partial charge in [0.1, 0.15) is 17.0 Å². The number of aliphatic carboxylic acids is 1. The highest BCUT2D eigenvalue weighted by molar-refractivity contribution is 5.99. The molecule has 0 radical (unpaired) electrons. The van der Waals surface area contributed by atoms with Crippen LogP contribution in [0.1, 0.15) is 112 Å². The van der Waals surface area contributed by atoms with Crippen molar-refractivity contribution in [3.8, 4) is 28.4 Å². The van der Waals surface area contributed by atoms with Crippen molar-refractivity contribution in [2.75, 3.05) is 54.5 Å². The van der Waals surface area contributed by atoms with E-state index in [-0.39, 0.29) is 29.4 Å². The fourth-order valence-corrected chi connectivity index (χ4v) is 10.5. The van der Waals surface area contributed by atoms with Gasteiger partial charge in [0.05, 0.1) is 31.2 Å². The van der Waals surface area contributed by atoms with Crippen LogP contribution in [0.5, 0.6) is 11.5 Å². The molecule has 0 aliphatic heterocycles. The number of nitrogens with zero attached hydrogens (tertiary/aromatic N) is 5. The molecule has 7 rings (SSSR count). The standard InChI is InChI=1S/C45H64N6O6/c1-28(2)34-26-31(41(52)49(19-11-17-46)20-12-18-48(6)7)15-16-36(34)50-37(40-38(56-8)13-10-14-39(40)57-9)27-35(47-50)42(53)51(44(3,4)5)45(43(54)55)32-22-29-21-30(24-32)25-33(45)23-29/h10,13-16,26-30,32-33H,11-12,17-25,46H2,1-9H3,(H,54,55). The van der Waals surface area contributed by atoms with Crippen molar-refractivity contribution in [1.82, 2.24) is 24.5 Å². The van der Waals surface area contributed by atoms with Gasteiger partial charge in [-0.3, -0.25) is 9.59 Å². The lowest BCUT2D eigenvalue weighted by Crippen LogP contribution is -2.74. The van der Waals surface area contributed by atoms with Crippen LogP contribution in [0.4, 0.5) is 0 Å². The van der Waals surface area contributed by atoms with Crippen LogP contribution >= 0.6 is 0 Å². The minimum absolute atomic E-state index is 0.0378. The molecule has 4 aliphatic rings. The van der Waals surface area contributed by atoms with E-state index < -0.39 is 23.0 Å². The van der Waals surface area contributed by atoms with Gasteiger partial charge < -0.3 is 35.0 Å². The van der Waals surface area contributed by atoms with E-state index in [2.05, 4.69) is 18.7 Å². The van der Waals surface area contributed by atoms with E-state index >= 15 is 4.79 Å². The summed E-state index contributed by atoms with van der Waals surface area (Å²) in [5.74, 6) is 0.371. The molecule has 4 bridgehead atoms. The minimum Gasteiger partial charge on any atom is -0.496 e. The first kappa shape index (κ1) is 42.2. The molecule has 4 aliphatic carbocycles. The van der Waals surface area contributed by atoms with Gasteiger partial charge in [0.25, 0.3) is 11.8 Å². The molecule has 0 spiro atoms. The fraction of sp³-hybridized carbons (Fsp3) is 0.600. The molecule has 0 unspecified atom stereocenters. The minimum atomic E-state index is -1.34. The van der Waals surface area contributed by atoms with E-state index in [1.54, 1.807) is 29.9 Å². The smallest absolute Gasteiger partial charge is 0.330 e. The van der Waals surface area contributed by atoms with Gasteiger partial charge >= 0.3 is 5.97 Å². The maximum absolute atomic E-state index is 15.4. The molecule has 12 nitrogen and oxygen atoms in total. The van der Waals surface area contributed by atoms with Crippen LogP contribution in [0, 0.1) is 23.7 Å². The molecule has 0 atom stereocenters. The maximum Gasteiger partial charge on any atom is 0.330 e. The van der Waals surface area contributed by atoms with Crippen LogP contribution in [0.2, 0.25) is 0 Å². The molecule has 310 valence electrons. The van der Waals surface area contributed by atoms with Crippen molar-refractivity contribution in [3.63, 3.8) is 0 Å². The molecule has 1 heterocycles. The second-order valence-corrected chi connectivity index (χ2v) is 18.1. The molecule has 12 heteroatoms. The molecule has 57 heavy (non-hydrogen) atoms. The Morgan fingerprint density at radius 3 is 2.00 bits per heavy atom. The lowest BCUT2D eigenvalue weighted by atomic mass is 9.47. The van der Waals surface area contributed by atoms with E-state index in [1.807, 2.05) is 76.2 Å². The Morgan fingerprint density at radius 2 is 1.49 bits per heavy atom. The second-order valence-electron chi connectivity index (χ2n) is 18.1. The molecule has 2 amide bonds. The summed E-state index contributed by atoms with van der Waals surface area (Å²) in [7, 11) is 7.22. The molecule has 4 fully saturated rings. The van der Waals surface area contributed by atoms with Crippen molar-refractivity contribution < 1.29 is 29.0 Å². The van der Waals surface area contributed by atoms with Crippen molar-refractivity contribution in [2.45, 2.75) is 96.6 Å². The third kappa shape index (κ3) is 7.91. The van der Waals surface area contributed by atoms with Crippen LogP contribution in [0.25, 0.3) is 16.9 Å². The zero-order valence-corrected chi connectivity index (χ0v) is 35.5. The van der Waals surface area contributed by atoms with Crippen LogP contribution in [0.3, 0.4) is 0 Å². The quantitative estimate of drug-likeness (QED) is 0.158. The number of benzene rings is 2. The average molecular weight is 785 g/mol. The molecule has 0 saturated heterocycles. The first-order chi connectivity index (χ1) is 27.1. The average Bonchev–Trinajstić information content (AvgIpc) is 3.60. The van der Waals surface area contributed by atoms with E-state index in [9.17, 15) is 14.7 Å². The fourth-order valence-electron chi connectivity index (χ4n) is 10.5. The lowest BCUT2D eigenvalue weighted by molar-refractivity contribution is -0.187. The zero-order valence-electron chi connectivity index (χ0n) is 35.5. The summed E-state index contributed by atoms with van der Waals surface area (Å²) < 4.78 is 13.5. The van der Waals surface area contributed by atoms with E-state index in [0.717, 1.165) is 50.6 Å². The number of hydrogen-bond acceptors (Lipinski definition) is 8. The summed E-state index contributed by atoms with van der Waals surface area (Å²) in [6, 6.07) is 12.9. The number of aromatic nitrogens is 2. The van der Waals surface area contributed by atoms with Crippen LogP contribution in [-0.4, -0.2) is 113 Å². The molecule has 2 aromatic carbocycles. The zero-order chi connectivity index (χ0) is 41.4. The van der Waals surface area contributed by atoms with E-state index in [4.69, 9.17) is 20.3 Å². The first-order valence-corrected chi connectivity index (χ1v) is 20.7. The van der Waals surface area contributed by atoms with Crippen molar-refractivity contribution >= 4 is 17.8 Å². The maximum atomic E-state index is 15.4. The number of methoxy groups -OCH3 is 2. The molecule has 1 aromatic heterocycles. The number of rotatable bonds is 16. The Kier molecular flexibility index (Phi) is 12.4. The summed E-state index contributed by atoms with van der Waals surface area (Å²) in [6.45, 7) is 12.5. The van der Waals surface area contributed by atoms with Crippen LogP contribution in [-0.2, 0) is 4.79 Å². The van der Waals surface area contributed by atoms with Crippen LogP contribution < -0.4 is 15.2 Å². The molecule has 3 aromatic rings. The Bertz CT molecular complexity index is 1900. The predicted octanol–water partition coefficient (Wildman–Crippen LogP) is 6.94. The van der Waals surface area contributed by atoms with Crippen molar-refractivity contribution in [2.24, 2.45) is 29.4 Å². The van der Waals surface area contributed by atoms with Crippen molar-refractivity contribution in [3.05, 3.63) is 59.3 Å². The highest BCUT2D eigenvalue weighted by Gasteiger charge is 2.67. The predicted molar refractivity (Wildman–Crippen MR) is 222 cm³/mol. The van der Waals surface area contributed by atoms with Crippen LogP contribution in [0.15, 0.2) is 42.5 Å². The van der Waals surface area contributed by atoms with Gasteiger partial charge in [-0.25, -0.2) is 9.48 Å². The topological polar surface area (TPSA) is 143 Å². The summed E-state index contributed by atoms with van der Waals surface area (Å²) in [5.41, 5.74) is 7.09. The number of carbonyl (C=O) groups is 3. The number of carbonyl (C=O) groups excluding carboxylic acids is 2. The third-order valence-electron chi connectivity index (χ3n) is 12.7. The number of ether oxygens (including phenoxy) is 2. The summed E-state index contributed by atoms with van der Waals surface area (Å²) >= 11 is 0. The van der Waals surface area contributed by atoms with Gasteiger partial charge in [0.2, 0.25) is 0 Å².